The van der Waals surface area contributed by atoms with Gasteiger partial charge in [-0.1, -0.05) is 48.5 Å². The number of hydrogen-bond donors (Lipinski definition) is 1. The fourth-order valence-electron chi connectivity index (χ4n) is 1.23. The van der Waals surface area contributed by atoms with E-state index in [1.807, 2.05) is 41.7 Å². The first-order valence-corrected chi connectivity index (χ1v) is 5.52. The summed E-state index contributed by atoms with van der Waals surface area (Å²) in [4.78, 5) is 11.8. The standard InChI is InChI=1S/C10H21NO.C2H6/c1-7(2)8(11-6)9(12)10(3,4)5;1-2/h7-8,11H,1-6H3;1-2H3. The lowest BCUT2D eigenvalue weighted by molar-refractivity contribution is -0.129. The summed E-state index contributed by atoms with van der Waals surface area (Å²) in [6, 6.07) is -0.00926. The molecule has 14 heavy (non-hydrogen) atoms. The van der Waals surface area contributed by atoms with Gasteiger partial charge in [-0.15, -0.1) is 0 Å². The third-order valence-electron chi connectivity index (χ3n) is 2.00. The summed E-state index contributed by atoms with van der Waals surface area (Å²) in [5.74, 6) is 0.654. The molecule has 0 aliphatic heterocycles. The first-order chi connectivity index (χ1) is 6.30. The largest absolute Gasteiger partial charge is 0.310 e. The number of carbonyl (C=O) groups is 1. The molecule has 2 nitrogen and oxygen atoms in total. The molecular weight excluding hydrogens is 174 g/mol. The maximum atomic E-state index is 11.8. The summed E-state index contributed by atoms with van der Waals surface area (Å²) < 4.78 is 0. The zero-order valence-electron chi connectivity index (χ0n) is 11.1. The molecule has 0 aliphatic carbocycles. The average molecular weight is 201 g/mol. The van der Waals surface area contributed by atoms with Crippen LogP contribution in [0.2, 0.25) is 0 Å². The first kappa shape index (κ1) is 16.1. The molecule has 2 heteroatoms. The minimum absolute atomic E-state index is 0.00926. The predicted molar refractivity (Wildman–Crippen MR) is 63.5 cm³/mol. The second kappa shape index (κ2) is 6.99. The molecule has 1 atom stereocenters. The van der Waals surface area contributed by atoms with Gasteiger partial charge in [0.15, 0.2) is 5.78 Å². The minimum Gasteiger partial charge on any atom is -0.310 e. The zero-order chi connectivity index (χ0) is 11.9. The van der Waals surface area contributed by atoms with Crippen LogP contribution in [-0.4, -0.2) is 18.9 Å². The molecule has 0 aromatic rings. The molecule has 0 aromatic heterocycles. The zero-order valence-corrected chi connectivity index (χ0v) is 11.1. The molecule has 0 fully saturated rings. The third-order valence-corrected chi connectivity index (χ3v) is 2.00. The number of carbonyl (C=O) groups excluding carboxylic acids is 1. The molecule has 0 saturated heterocycles. The van der Waals surface area contributed by atoms with Gasteiger partial charge in [-0.05, 0) is 13.0 Å². The van der Waals surface area contributed by atoms with Gasteiger partial charge >= 0.3 is 0 Å². The second-order valence-corrected chi connectivity index (χ2v) is 4.62. The van der Waals surface area contributed by atoms with E-state index in [9.17, 15) is 4.79 Å². The van der Waals surface area contributed by atoms with Gasteiger partial charge in [0, 0.05) is 5.41 Å². The maximum absolute atomic E-state index is 11.8. The van der Waals surface area contributed by atoms with Crippen LogP contribution in [0.25, 0.3) is 0 Å². The second-order valence-electron chi connectivity index (χ2n) is 4.62. The van der Waals surface area contributed by atoms with Crippen molar-refractivity contribution in [3.63, 3.8) is 0 Å². The topological polar surface area (TPSA) is 29.1 Å². The fourth-order valence-corrected chi connectivity index (χ4v) is 1.23. The van der Waals surface area contributed by atoms with Crippen LogP contribution in [0.1, 0.15) is 48.5 Å². The van der Waals surface area contributed by atoms with Crippen LogP contribution < -0.4 is 5.32 Å². The number of nitrogens with one attached hydrogen (secondary N) is 1. The van der Waals surface area contributed by atoms with Gasteiger partial charge in [-0.25, -0.2) is 0 Å². The van der Waals surface area contributed by atoms with Crippen molar-refractivity contribution < 1.29 is 4.79 Å². The molecule has 0 bridgehead atoms. The summed E-state index contributed by atoms with van der Waals surface area (Å²) in [7, 11) is 1.84. The Kier molecular flexibility index (Phi) is 8.03. The smallest absolute Gasteiger partial charge is 0.155 e. The molecule has 1 N–H and O–H groups in total. The van der Waals surface area contributed by atoms with Crippen LogP contribution in [0, 0.1) is 11.3 Å². The van der Waals surface area contributed by atoms with Crippen LogP contribution in [0.3, 0.4) is 0 Å². The summed E-state index contributed by atoms with van der Waals surface area (Å²) in [5.41, 5.74) is -0.238. The van der Waals surface area contributed by atoms with Crippen LogP contribution in [0.5, 0.6) is 0 Å². The SMILES string of the molecule is CC.CNC(C(=O)C(C)(C)C)C(C)C. The normalized spacial score (nSPS) is 13.2. The predicted octanol–water partition coefficient (Wildman–Crippen LogP) is 2.87. The van der Waals surface area contributed by atoms with Crippen molar-refractivity contribution in [2.45, 2.75) is 54.5 Å². The maximum Gasteiger partial charge on any atom is 0.155 e. The van der Waals surface area contributed by atoms with Crippen molar-refractivity contribution in [1.29, 1.82) is 0 Å². The van der Waals surface area contributed by atoms with E-state index in [2.05, 4.69) is 19.2 Å². The van der Waals surface area contributed by atoms with E-state index in [1.165, 1.54) is 0 Å². The summed E-state index contributed by atoms with van der Waals surface area (Å²) in [6.45, 7) is 14.0. The Hall–Kier alpha value is -0.370. The molecule has 0 aliphatic rings. The van der Waals surface area contributed by atoms with Crippen molar-refractivity contribution >= 4 is 5.78 Å². The monoisotopic (exact) mass is 201 g/mol. The highest BCUT2D eigenvalue weighted by atomic mass is 16.1. The van der Waals surface area contributed by atoms with E-state index in [0.29, 0.717) is 11.7 Å². The van der Waals surface area contributed by atoms with E-state index in [0.717, 1.165) is 0 Å². The number of likely N-dealkylation sites (N-methyl/N-ethyl adjacent to an activating group) is 1. The molecule has 0 heterocycles. The Balaban J connectivity index is 0. The van der Waals surface area contributed by atoms with E-state index in [4.69, 9.17) is 0 Å². The van der Waals surface area contributed by atoms with Gasteiger partial charge in [0.05, 0.1) is 6.04 Å². The van der Waals surface area contributed by atoms with Crippen LogP contribution in [0.4, 0.5) is 0 Å². The lowest BCUT2D eigenvalue weighted by Gasteiger charge is -2.26. The molecule has 0 radical (unpaired) electrons. The van der Waals surface area contributed by atoms with Crippen LogP contribution >= 0.6 is 0 Å². The Morgan fingerprint density at radius 2 is 1.50 bits per heavy atom. The van der Waals surface area contributed by atoms with Crippen LogP contribution in [0.15, 0.2) is 0 Å². The highest BCUT2D eigenvalue weighted by molar-refractivity contribution is 5.88. The van der Waals surface area contributed by atoms with Gasteiger partial charge in [0.2, 0.25) is 0 Å². The van der Waals surface area contributed by atoms with Crippen molar-refractivity contribution in [3.05, 3.63) is 0 Å². The molecular formula is C12H27NO. The molecule has 1 unspecified atom stereocenters. The van der Waals surface area contributed by atoms with Crippen molar-refractivity contribution in [2.24, 2.45) is 11.3 Å². The van der Waals surface area contributed by atoms with E-state index in [-0.39, 0.29) is 11.5 Å². The van der Waals surface area contributed by atoms with Crippen molar-refractivity contribution in [3.8, 4) is 0 Å². The Labute approximate surface area is 89.5 Å². The van der Waals surface area contributed by atoms with E-state index in [1.54, 1.807) is 0 Å². The first-order valence-electron chi connectivity index (χ1n) is 5.52. The summed E-state index contributed by atoms with van der Waals surface area (Å²) in [5, 5.41) is 3.06. The number of hydrogen-bond acceptors (Lipinski definition) is 2. The third kappa shape index (κ3) is 5.38. The lowest BCUT2D eigenvalue weighted by Crippen LogP contribution is -2.44. The van der Waals surface area contributed by atoms with Crippen molar-refractivity contribution in [1.82, 2.24) is 5.32 Å². The highest BCUT2D eigenvalue weighted by Gasteiger charge is 2.30. The molecule has 86 valence electrons. The Morgan fingerprint density at radius 3 is 1.57 bits per heavy atom. The average Bonchev–Trinajstić information content (AvgIpc) is 2.06. The molecule has 0 amide bonds. The molecule has 0 saturated carbocycles. The quantitative estimate of drug-likeness (QED) is 0.760. The van der Waals surface area contributed by atoms with Crippen molar-refractivity contribution in [2.75, 3.05) is 7.05 Å². The van der Waals surface area contributed by atoms with Gasteiger partial charge in [-0.2, -0.15) is 0 Å². The number of Topliss-reactive ketones (excluding diaryl/α,β-unsaturated/α-hetero) is 1. The molecule has 0 rings (SSSR count). The number of rotatable bonds is 3. The molecule has 0 aromatic carbocycles. The van der Waals surface area contributed by atoms with E-state index >= 15 is 0 Å². The highest BCUT2D eigenvalue weighted by Crippen LogP contribution is 2.19. The van der Waals surface area contributed by atoms with Gasteiger partial charge in [0.25, 0.3) is 0 Å². The van der Waals surface area contributed by atoms with Gasteiger partial charge in [0.1, 0.15) is 0 Å². The summed E-state index contributed by atoms with van der Waals surface area (Å²) >= 11 is 0. The van der Waals surface area contributed by atoms with Gasteiger partial charge in [-0.3, -0.25) is 4.79 Å². The minimum atomic E-state index is -0.238. The van der Waals surface area contributed by atoms with Gasteiger partial charge < -0.3 is 5.32 Å². The summed E-state index contributed by atoms with van der Waals surface area (Å²) in [6.07, 6.45) is 0. The van der Waals surface area contributed by atoms with Crippen LogP contribution in [-0.2, 0) is 4.79 Å². The Bertz CT molecular complexity index is 156. The van der Waals surface area contributed by atoms with E-state index < -0.39 is 0 Å². The lowest BCUT2D eigenvalue weighted by atomic mass is 9.82. The Morgan fingerprint density at radius 1 is 1.14 bits per heavy atom. The molecule has 0 spiro atoms. The number of ketones is 1. The fraction of sp³-hybridized carbons (Fsp3) is 0.917.